The SMILES string of the molecule is COc1cccc(C(=O)NCCSc2c(-c3ccccc3)[nH]c3ccccc23)c1. The summed E-state index contributed by atoms with van der Waals surface area (Å²) in [6.07, 6.45) is 0. The number of hydrogen-bond acceptors (Lipinski definition) is 3. The Morgan fingerprint density at radius 2 is 1.79 bits per heavy atom. The molecule has 2 N–H and O–H groups in total. The predicted molar refractivity (Wildman–Crippen MR) is 120 cm³/mol. The topological polar surface area (TPSA) is 54.1 Å². The molecule has 3 aromatic carbocycles. The third kappa shape index (κ3) is 4.30. The van der Waals surface area contributed by atoms with E-state index in [1.165, 1.54) is 10.3 Å². The van der Waals surface area contributed by atoms with Crippen LogP contribution in [0.2, 0.25) is 0 Å². The van der Waals surface area contributed by atoms with E-state index >= 15 is 0 Å². The third-order valence-corrected chi connectivity index (χ3v) is 5.81. The number of carbonyl (C=O) groups is 1. The second-order valence-electron chi connectivity index (χ2n) is 6.58. The summed E-state index contributed by atoms with van der Waals surface area (Å²) in [5.41, 5.74) is 4.00. The summed E-state index contributed by atoms with van der Waals surface area (Å²) in [5.74, 6) is 1.36. The van der Waals surface area contributed by atoms with Crippen molar-refractivity contribution in [2.24, 2.45) is 0 Å². The largest absolute Gasteiger partial charge is 0.497 e. The lowest BCUT2D eigenvalue weighted by Crippen LogP contribution is -2.25. The highest BCUT2D eigenvalue weighted by Gasteiger charge is 2.13. The Labute approximate surface area is 174 Å². The van der Waals surface area contributed by atoms with Crippen LogP contribution in [0.3, 0.4) is 0 Å². The number of fused-ring (bicyclic) bond motifs is 1. The van der Waals surface area contributed by atoms with Gasteiger partial charge in [0.25, 0.3) is 5.91 Å². The zero-order chi connectivity index (χ0) is 20.1. The van der Waals surface area contributed by atoms with Crippen molar-refractivity contribution in [3.63, 3.8) is 0 Å². The van der Waals surface area contributed by atoms with Crippen molar-refractivity contribution < 1.29 is 9.53 Å². The molecule has 0 atom stereocenters. The van der Waals surface area contributed by atoms with Gasteiger partial charge in [-0.1, -0.05) is 54.6 Å². The fraction of sp³-hybridized carbons (Fsp3) is 0.125. The number of H-pyrrole nitrogens is 1. The van der Waals surface area contributed by atoms with Crippen LogP contribution in [0.4, 0.5) is 0 Å². The molecule has 0 unspecified atom stereocenters. The average Bonchev–Trinajstić information content (AvgIpc) is 3.16. The van der Waals surface area contributed by atoms with E-state index in [-0.39, 0.29) is 5.91 Å². The molecule has 146 valence electrons. The van der Waals surface area contributed by atoms with E-state index in [1.807, 2.05) is 36.4 Å². The van der Waals surface area contributed by atoms with Crippen molar-refractivity contribution in [3.8, 4) is 17.0 Å². The minimum atomic E-state index is -0.0910. The highest BCUT2D eigenvalue weighted by molar-refractivity contribution is 7.99. The maximum Gasteiger partial charge on any atom is 0.251 e. The number of carbonyl (C=O) groups excluding carboxylic acids is 1. The van der Waals surface area contributed by atoms with Gasteiger partial charge in [-0.05, 0) is 29.8 Å². The summed E-state index contributed by atoms with van der Waals surface area (Å²) in [6.45, 7) is 0.578. The van der Waals surface area contributed by atoms with E-state index < -0.39 is 0 Å². The van der Waals surface area contributed by atoms with Crippen LogP contribution in [-0.2, 0) is 0 Å². The van der Waals surface area contributed by atoms with Crippen LogP contribution in [0.25, 0.3) is 22.2 Å². The lowest BCUT2D eigenvalue weighted by Gasteiger charge is -2.08. The van der Waals surface area contributed by atoms with Gasteiger partial charge in [-0.2, -0.15) is 0 Å². The summed E-state index contributed by atoms with van der Waals surface area (Å²) >= 11 is 1.75. The summed E-state index contributed by atoms with van der Waals surface area (Å²) < 4.78 is 5.19. The molecule has 0 saturated carbocycles. The third-order valence-electron chi connectivity index (χ3n) is 4.69. The van der Waals surface area contributed by atoms with E-state index in [9.17, 15) is 4.79 Å². The molecule has 0 bridgehead atoms. The number of methoxy groups -OCH3 is 1. The highest BCUT2D eigenvalue weighted by Crippen LogP contribution is 2.37. The second-order valence-corrected chi connectivity index (χ2v) is 7.68. The van der Waals surface area contributed by atoms with E-state index in [0.29, 0.717) is 17.9 Å². The summed E-state index contributed by atoms with van der Waals surface area (Å²) in [6, 6.07) is 25.8. The van der Waals surface area contributed by atoms with Crippen molar-refractivity contribution in [2.45, 2.75) is 4.90 Å². The van der Waals surface area contributed by atoms with Gasteiger partial charge in [-0.25, -0.2) is 0 Å². The van der Waals surface area contributed by atoms with Crippen molar-refractivity contribution in [3.05, 3.63) is 84.4 Å². The Balaban J connectivity index is 1.46. The molecule has 0 aliphatic carbocycles. The number of amides is 1. The molecule has 5 heteroatoms. The standard InChI is InChI=1S/C24H22N2O2S/c1-28-19-11-7-10-18(16-19)24(27)25-14-15-29-23-20-12-5-6-13-21(20)26-22(23)17-8-3-2-4-9-17/h2-13,16,26H,14-15H2,1H3,(H,25,27). The Hall–Kier alpha value is -3.18. The number of aromatic amines is 1. The molecule has 0 aliphatic rings. The first-order chi connectivity index (χ1) is 14.3. The molecule has 1 aromatic heterocycles. The average molecular weight is 403 g/mol. The predicted octanol–water partition coefficient (Wildman–Crippen LogP) is 5.37. The first-order valence-corrected chi connectivity index (χ1v) is 10.5. The quantitative estimate of drug-likeness (QED) is 0.323. The van der Waals surface area contributed by atoms with Gasteiger partial charge >= 0.3 is 0 Å². The summed E-state index contributed by atoms with van der Waals surface area (Å²) in [5, 5.41) is 4.20. The molecule has 1 amide bonds. The van der Waals surface area contributed by atoms with Crippen molar-refractivity contribution in [2.75, 3.05) is 19.4 Å². The minimum absolute atomic E-state index is 0.0910. The lowest BCUT2D eigenvalue weighted by molar-refractivity contribution is 0.0956. The molecule has 4 nitrogen and oxygen atoms in total. The van der Waals surface area contributed by atoms with Gasteiger partial charge in [0.1, 0.15) is 5.75 Å². The van der Waals surface area contributed by atoms with E-state index in [0.717, 1.165) is 22.5 Å². The van der Waals surface area contributed by atoms with Crippen LogP contribution in [-0.4, -0.2) is 30.3 Å². The highest BCUT2D eigenvalue weighted by atomic mass is 32.2. The van der Waals surface area contributed by atoms with Crippen molar-refractivity contribution >= 4 is 28.6 Å². The number of para-hydroxylation sites is 1. The van der Waals surface area contributed by atoms with E-state index in [4.69, 9.17) is 4.74 Å². The van der Waals surface area contributed by atoms with Crippen LogP contribution in [0.1, 0.15) is 10.4 Å². The lowest BCUT2D eigenvalue weighted by atomic mass is 10.1. The Morgan fingerprint density at radius 1 is 1.00 bits per heavy atom. The van der Waals surface area contributed by atoms with Gasteiger partial charge in [-0.3, -0.25) is 4.79 Å². The maximum absolute atomic E-state index is 12.4. The van der Waals surface area contributed by atoms with Crippen LogP contribution in [0.15, 0.2) is 83.8 Å². The zero-order valence-corrected chi connectivity index (χ0v) is 17.0. The monoisotopic (exact) mass is 402 g/mol. The first kappa shape index (κ1) is 19.2. The number of benzene rings is 3. The maximum atomic E-state index is 12.4. The zero-order valence-electron chi connectivity index (χ0n) is 16.1. The molecule has 0 radical (unpaired) electrons. The number of hydrogen-bond donors (Lipinski definition) is 2. The van der Waals surface area contributed by atoms with Gasteiger partial charge in [0.05, 0.1) is 12.8 Å². The summed E-state index contributed by atoms with van der Waals surface area (Å²) in [4.78, 5) is 17.2. The van der Waals surface area contributed by atoms with Crippen LogP contribution in [0, 0.1) is 0 Å². The molecular weight excluding hydrogens is 380 g/mol. The van der Waals surface area contributed by atoms with Gasteiger partial charge in [0.15, 0.2) is 0 Å². The fourth-order valence-electron chi connectivity index (χ4n) is 3.26. The molecule has 4 aromatic rings. The Bertz CT molecular complexity index is 1120. The van der Waals surface area contributed by atoms with Crippen molar-refractivity contribution in [1.82, 2.24) is 10.3 Å². The van der Waals surface area contributed by atoms with Gasteiger partial charge in [-0.15, -0.1) is 11.8 Å². The van der Waals surface area contributed by atoms with Gasteiger partial charge < -0.3 is 15.0 Å². The van der Waals surface area contributed by atoms with E-state index in [1.54, 1.807) is 31.0 Å². The fourth-order valence-corrected chi connectivity index (χ4v) is 4.31. The molecular formula is C24H22N2O2S. The van der Waals surface area contributed by atoms with Crippen LogP contribution < -0.4 is 10.1 Å². The van der Waals surface area contributed by atoms with E-state index in [2.05, 4.69) is 40.6 Å². The number of thioether (sulfide) groups is 1. The smallest absolute Gasteiger partial charge is 0.251 e. The number of rotatable bonds is 7. The molecule has 0 spiro atoms. The van der Waals surface area contributed by atoms with Crippen LogP contribution >= 0.6 is 11.8 Å². The molecule has 0 aliphatic heterocycles. The van der Waals surface area contributed by atoms with Gasteiger partial charge in [0, 0.05) is 33.7 Å². The number of aromatic nitrogens is 1. The second kappa shape index (κ2) is 8.88. The molecule has 0 fully saturated rings. The molecule has 4 rings (SSSR count). The minimum Gasteiger partial charge on any atom is -0.497 e. The number of nitrogens with one attached hydrogen (secondary N) is 2. The summed E-state index contributed by atoms with van der Waals surface area (Å²) in [7, 11) is 1.60. The molecule has 1 heterocycles. The Morgan fingerprint density at radius 3 is 2.62 bits per heavy atom. The molecule has 0 saturated heterocycles. The Kier molecular flexibility index (Phi) is 5.86. The number of ether oxygens (including phenoxy) is 1. The first-order valence-electron chi connectivity index (χ1n) is 9.47. The van der Waals surface area contributed by atoms with Crippen LogP contribution in [0.5, 0.6) is 5.75 Å². The van der Waals surface area contributed by atoms with Crippen molar-refractivity contribution in [1.29, 1.82) is 0 Å². The van der Waals surface area contributed by atoms with Gasteiger partial charge in [0.2, 0.25) is 0 Å². The molecule has 29 heavy (non-hydrogen) atoms. The normalized spacial score (nSPS) is 10.8.